The molecule has 150 valence electrons. The van der Waals surface area contributed by atoms with Gasteiger partial charge in [-0.15, -0.1) is 0 Å². The predicted molar refractivity (Wildman–Crippen MR) is 106 cm³/mol. The van der Waals surface area contributed by atoms with Crippen LogP contribution in [0, 0.1) is 5.82 Å². The number of carbonyl (C=O) groups is 1. The van der Waals surface area contributed by atoms with Crippen LogP contribution in [0.4, 0.5) is 14.9 Å². The Kier molecular flexibility index (Phi) is 6.00. The quantitative estimate of drug-likeness (QED) is 0.847. The van der Waals surface area contributed by atoms with Crippen LogP contribution >= 0.6 is 0 Å². The maximum absolute atomic E-state index is 13.7. The third kappa shape index (κ3) is 4.34. The molecular weight excluding hydrogens is 381 g/mol. The lowest BCUT2D eigenvalue weighted by atomic mass is 10.0. The summed E-state index contributed by atoms with van der Waals surface area (Å²) in [7, 11) is -3.60. The van der Waals surface area contributed by atoms with Gasteiger partial charge >= 0.3 is 6.03 Å². The normalized spacial score (nSPS) is 15.6. The summed E-state index contributed by atoms with van der Waals surface area (Å²) in [5.74, 6) is -0.185. The first-order chi connectivity index (χ1) is 13.3. The molecule has 2 aromatic carbocycles. The highest BCUT2D eigenvalue weighted by Crippen LogP contribution is 2.21. The maximum Gasteiger partial charge on any atom is 0.322 e. The zero-order valence-corrected chi connectivity index (χ0v) is 16.7. The van der Waals surface area contributed by atoms with Crippen molar-refractivity contribution in [3.63, 3.8) is 0 Å². The van der Waals surface area contributed by atoms with Crippen LogP contribution in [0.5, 0.6) is 0 Å². The smallest absolute Gasteiger partial charge is 0.322 e. The van der Waals surface area contributed by atoms with Crippen LogP contribution in [0.15, 0.2) is 53.4 Å². The van der Waals surface area contributed by atoms with Gasteiger partial charge in [0, 0.05) is 26.2 Å². The molecule has 0 unspecified atom stereocenters. The fourth-order valence-corrected chi connectivity index (χ4v) is 4.48. The van der Waals surface area contributed by atoms with E-state index in [2.05, 4.69) is 19.2 Å². The highest BCUT2D eigenvalue weighted by Gasteiger charge is 2.30. The number of benzene rings is 2. The number of anilines is 1. The Morgan fingerprint density at radius 1 is 1.00 bits per heavy atom. The van der Waals surface area contributed by atoms with Gasteiger partial charge in [0.1, 0.15) is 5.82 Å². The lowest BCUT2D eigenvalue weighted by Crippen LogP contribution is -2.51. The molecule has 0 aliphatic carbocycles. The van der Waals surface area contributed by atoms with E-state index in [9.17, 15) is 17.6 Å². The standard InChI is InChI=1S/C20H24FN3O3S/c1-15(2)16-7-9-17(10-8-16)28(26,27)24-13-11-23(12-14-24)20(25)22-19-6-4-3-5-18(19)21/h3-10,15H,11-14H2,1-2H3,(H,22,25). The summed E-state index contributed by atoms with van der Waals surface area (Å²) in [5, 5.41) is 2.53. The Labute approximate surface area is 165 Å². The first-order valence-electron chi connectivity index (χ1n) is 9.19. The molecule has 28 heavy (non-hydrogen) atoms. The maximum atomic E-state index is 13.7. The van der Waals surface area contributed by atoms with E-state index >= 15 is 0 Å². The molecule has 0 spiro atoms. The van der Waals surface area contributed by atoms with E-state index < -0.39 is 21.9 Å². The summed E-state index contributed by atoms with van der Waals surface area (Å²) >= 11 is 0. The zero-order chi connectivity index (χ0) is 20.3. The van der Waals surface area contributed by atoms with Crippen molar-refractivity contribution in [2.75, 3.05) is 31.5 Å². The molecule has 0 radical (unpaired) electrons. The Morgan fingerprint density at radius 2 is 1.61 bits per heavy atom. The van der Waals surface area contributed by atoms with Gasteiger partial charge in [-0.2, -0.15) is 4.31 Å². The third-order valence-electron chi connectivity index (χ3n) is 4.83. The minimum absolute atomic E-state index is 0.104. The van der Waals surface area contributed by atoms with Crippen molar-refractivity contribution in [1.29, 1.82) is 0 Å². The highest BCUT2D eigenvalue weighted by atomic mass is 32.2. The topological polar surface area (TPSA) is 69.7 Å². The summed E-state index contributed by atoms with van der Waals surface area (Å²) in [5.41, 5.74) is 1.18. The van der Waals surface area contributed by atoms with Crippen LogP contribution in [-0.4, -0.2) is 49.8 Å². The molecule has 2 aromatic rings. The molecule has 1 saturated heterocycles. The molecule has 1 aliphatic heterocycles. The van der Waals surface area contributed by atoms with E-state index in [4.69, 9.17) is 0 Å². The lowest BCUT2D eigenvalue weighted by molar-refractivity contribution is 0.184. The number of piperazine rings is 1. The van der Waals surface area contributed by atoms with E-state index in [-0.39, 0.29) is 36.8 Å². The molecule has 0 saturated carbocycles. The monoisotopic (exact) mass is 405 g/mol. The van der Waals surface area contributed by atoms with E-state index in [1.165, 1.54) is 21.3 Å². The second-order valence-corrected chi connectivity index (χ2v) is 8.96. The second-order valence-electron chi connectivity index (χ2n) is 7.02. The van der Waals surface area contributed by atoms with Gasteiger partial charge in [0.25, 0.3) is 0 Å². The minimum Gasteiger partial charge on any atom is -0.322 e. The fraction of sp³-hybridized carbons (Fsp3) is 0.350. The summed E-state index contributed by atoms with van der Waals surface area (Å²) in [6, 6.07) is 12.4. The number of hydrogen-bond donors (Lipinski definition) is 1. The van der Waals surface area contributed by atoms with Crippen LogP contribution in [0.2, 0.25) is 0 Å². The highest BCUT2D eigenvalue weighted by molar-refractivity contribution is 7.89. The van der Waals surface area contributed by atoms with Gasteiger partial charge in [0.05, 0.1) is 10.6 Å². The van der Waals surface area contributed by atoms with Crippen LogP contribution in [0.3, 0.4) is 0 Å². The van der Waals surface area contributed by atoms with Crippen LogP contribution in [0.25, 0.3) is 0 Å². The number of halogens is 1. The molecule has 3 rings (SSSR count). The third-order valence-corrected chi connectivity index (χ3v) is 6.74. The molecule has 0 atom stereocenters. The van der Waals surface area contributed by atoms with E-state index in [1.807, 2.05) is 12.1 Å². The number of para-hydroxylation sites is 1. The number of hydrogen-bond acceptors (Lipinski definition) is 3. The van der Waals surface area contributed by atoms with Gasteiger partial charge < -0.3 is 10.2 Å². The lowest BCUT2D eigenvalue weighted by Gasteiger charge is -2.34. The Hall–Kier alpha value is -2.45. The largest absolute Gasteiger partial charge is 0.322 e. The SMILES string of the molecule is CC(C)c1ccc(S(=O)(=O)N2CCN(C(=O)Nc3ccccc3F)CC2)cc1. The molecule has 8 heteroatoms. The summed E-state index contributed by atoms with van der Waals surface area (Å²) in [6.07, 6.45) is 0. The van der Waals surface area contributed by atoms with Gasteiger partial charge in [0.2, 0.25) is 10.0 Å². The van der Waals surface area contributed by atoms with Gasteiger partial charge in [0.15, 0.2) is 0 Å². The first-order valence-corrected chi connectivity index (χ1v) is 10.6. The molecule has 0 bridgehead atoms. The molecule has 6 nitrogen and oxygen atoms in total. The van der Waals surface area contributed by atoms with Crippen molar-refractivity contribution in [3.05, 3.63) is 59.9 Å². The average molecular weight is 405 g/mol. The Bertz CT molecular complexity index is 937. The molecule has 1 N–H and O–H groups in total. The summed E-state index contributed by atoms with van der Waals surface area (Å²) < 4.78 is 40.7. The van der Waals surface area contributed by atoms with Crippen molar-refractivity contribution in [3.8, 4) is 0 Å². The Morgan fingerprint density at radius 3 is 2.18 bits per heavy atom. The summed E-state index contributed by atoms with van der Waals surface area (Å²) in [4.78, 5) is 14.1. The zero-order valence-electron chi connectivity index (χ0n) is 15.9. The minimum atomic E-state index is -3.60. The average Bonchev–Trinajstić information content (AvgIpc) is 2.70. The number of nitrogens with zero attached hydrogens (tertiary/aromatic N) is 2. The Balaban J connectivity index is 1.62. The molecule has 1 heterocycles. The van der Waals surface area contributed by atoms with Gasteiger partial charge in [-0.3, -0.25) is 0 Å². The van der Waals surface area contributed by atoms with Gasteiger partial charge in [-0.1, -0.05) is 38.1 Å². The van der Waals surface area contributed by atoms with Crippen LogP contribution in [-0.2, 0) is 10.0 Å². The number of sulfonamides is 1. The number of urea groups is 1. The number of amides is 2. The van der Waals surface area contributed by atoms with Crippen molar-refractivity contribution < 1.29 is 17.6 Å². The van der Waals surface area contributed by atoms with Crippen molar-refractivity contribution in [2.45, 2.75) is 24.7 Å². The number of carbonyl (C=O) groups excluding carboxylic acids is 1. The number of nitrogens with one attached hydrogen (secondary N) is 1. The molecular formula is C20H24FN3O3S. The van der Waals surface area contributed by atoms with Gasteiger partial charge in [-0.25, -0.2) is 17.6 Å². The van der Waals surface area contributed by atoms with E-state index in [1.54, 1.807) is 24.3 Å². The molecule has 1 aliphatic rings. The van der Waals surface area contributed by atoms with Crippen LogP contribution < -0.4 is 5.32 Å². The molecule has 1 fully saturated rings. The molecule has 0 aromatic heterocycles. The molecule has 2 amide bonds. The van der Waals surface area contributed by atoms with Crippen molar-refractivity contribution in [2.24, 2.45) is 0 Å². The number of rotatable bonds is 4. The van der Waals surface area contributed by atoms with Crippen molar-refractivity contribution in [1.82, 2.24) is 9.21 Å². The summed E-state index contributed by atoms with van der Waals surface area (Å²) in [6.45, 7) is 4.97. The first kappa shape index (κ1) is 20.3. The fourth-order valence-electron chi connectivity index (χ4n) is 3.06. The van der Waals surface area contributed by atoms with Crippen LogP contribution in [0.1, 0.15) is 25.3 Å². The van der Waals surface area contributed by atoms with E-state index in [0.29, 0.717) is 5.92 Å². The van der Waals surface area contributed by atoms with E-state index in [0.717, 1.165) is 5.56 Å². The second kappa shape index (κ2) is 8.28. The predicted octanol–water partition coefficient (Wildman–Crippen LogP) is 3.49. The van der Waals surface area contributed by atoms with Gasteiger partial charge in [-0.05, 0) is 35.7 Å². The van der Waals surface area contributed by atoms with Crippen molar-refractivity contribution >= 4 is 21.7 Å².